The fraction of sp³-hybridized carbons (Fsp3) is 0.692. The van der Waals surface area contributed by atoms with E-state index >= 15 is 0 Å². The van der Waals surface area contributed by atoms with Crippen LogP contribution in [0.25, 0.3) is 0 Å². The fourth-order valence-electron chi connectivity index (χ4n) is 1.76. The molecule has 18 heavy (non-hydrogen) atoms. The third-order valence-corrected chi connectivity index (χ3v) is 2.51. The first-order valence-electron chi connectivity index (χ1n) is 6.44. The van der Waals surface area contributed by atoms with E-state index in [-0.39, 0.29) is 0 Å². The number of nitrogens with zero attached hydrogens (tertiary/aromatic N) is 3. The first kappa shape index (κ1) is 14.9. The molecule has 0 fully saturated rings. The minimum absolute atomic E-state index is 0.625. The Morgan fingerprint density at radius 3 is 2.44 bits per heavy atom. The molecule has 5 nitrogen and oxygen atoms in total. The third kappa shape index (κ3) is 5.42. The molecular weight excluding hydrogens is 228 g/mol. The summed E-state index contributed by atoms with van der Waals surface area (Å²) in [6.45, 7) is 10.8. The molecule has 1 heterocycles. The number of nitrogens with one attached hydrogen (secondary N) is 1. The lowest BCUT2D eigenvalue weighted by atomic mass is 10.1. The van der Waals surface area contributed by atoms with E-state index in [1.807, 2.05) is 20.8 Å². The normalized spacial score (nSPS) is 11.9. The molecule has 1 aromatic heterocycles. The molecule has 0 spiro atoms. The van der Waals surface area contributed by atoms with Crippen molar-refractivity contribution in [2.75, 3.05) is 25.0 Å². The van der Waals surface area contributed by atoms with Gasteiger partial charge in [0.15, 0.2) is 0 Å². The maximum Gasteiger partial charge on any atom is 0.144 e. The maximum atomic E-state index is 9.82. The van der Waals surface area contributed by atoms with Gasteiger partial charge in [-0.05, 0) is 27.3 Å². The van der Waals surface area contributed by atoms with Crippen molar-refractivity contribution >= 4 is 5.82 Å². The smallest absolute Gasteiger partial charge is 0.144 e. The van der Waals surface area contributed by atoms with Crippen LogP contribution in [0.5, 0.6) is 0 Å². The van der Waals surface area contributed by atoms with Crippen molar-refractivity contribution in [1.82, 2.24) is 14.9 Å². The summed E-state index contributed by atoms with van der Waals surface area (Å²) >= 11 is 0. The minimum Gasteiger partial charge on any atom is -0.389 e. The van der Waals surface area contributed by atoms with Crippen molar-refractivity contribution < 1.29 is 5.11 Å². The van der Waals surface area contributed by atoms with E-state index in [1.165, 1.54) is 0 Å². The van der Waals surface area contributed by atoms with Crippen LogP contribution >= 0.6 is 0 Å². The second-order valence-electron chi connectivity index (χ2n) is 5.04. The first-order chi connectivity index (χ1) is 8.44. The van der Waals surface area contributed by atoms with Crippen molar-refractivity contribution in [3.8, 4) is 0 Å². The van der Waals surface area contributed by atoms with E-state index in [0.29, 0.717) is 13.1 Å². The highest BCUT2D eigenvalue weighted by Gasteiger charge is 2.17. The van der Waals surface area contributed by atoms with Gasteiger partial charge in [0.1, 0.15) is 5.82 Å². The van der Waals surface area contributed by atoms with Crippen LogP contribution in [-0.4, -0.2) is 45.2 Å². The average molecular weight is 252 g/mol. The molecule has 2 N–H and O–H groups in total. The lowest BCUT2D eigenvalue weighted by molar-refractivity contribution is 0.0349. The number of rotatable bonds is 7. The highest BCUT2D eigenvalue weighted by molar-refractivity contribution is 5.30. The third-order valence-electron chi connectivity index (χ3n) is 2.51. The number of anilines is 1. The summed E-state index contributed by atoms with van der Waals surface area (Å²) in [7, 11) is 0. The molecule has 0 radical (unpaired) electrons. The number of aliphatic hydroxyl groups is 1. The Morgan fingerprint density at radius 2 is 2.00 bits per heavy atom. The summed E-state index contributed by atoms with van der Waals surface area (Å²) in [6, 6.07) is 0. The number of hydrogen-bond donors (Lipinski definition) is 2. The molecule has 0 aliphatic carbocycles. The molecule has 0 saturated carbocycles. The van der Waals surface area contributed by atoms with Crippen LogP contribution in [0.15, 0.2) is 12.4 Å². The Bertz CT molecular complexity index is 345. The van der Waals surface area contributed by atoms with Gasteiger partial charge in [-0.2, -0.15) is 0 Å². The van der Waals surface area contributed by atoms with E-state index < -0.39 is 5.60 Å². The predicted octanol–water partition coefficient (Wildman–Crippen LogP) is 1.50. The average Bonchev–Trinajstić information content (AvgIpc) is 2.29. The van der Waals surface area contributed by atoms with Gasteiger partial charge in [0.2, 0.25) is 0 Å². The van der Waals surface area contributed by atoms with E-state index in [4.69, 9.17) is 0 Å². The molecule has 5 heteroatoms. The van der Waals surface area contributed by atoms with Gasteiger partial charge in [-0.3, -0.25) is 9.88 Å². The van der Waals surface area contributed by atoms with Crippen molar-refractivity contribution in [3.63, 3.8) is 0 Å². The van der Waals surface area contributed by atoms with E-state index in [0.717, 1.165) is 24.6 Å². The van der Waals surface area contributed by atoms with Crippen molar-refractivity contribution in [2.24, 2.45) is 0 Å². The first-order valence-corrected chi connectivity index (χ1v) is 6.44. The van der Waals surface area contributed by atoms with Crippen LogP contribution in [0.4, 0.5) is 5.82 Å². The summed E-state index contributed by atoms with van der Waals surface area (Å²) in [6.07, 6.45) is 3.53. The Balaban J connectivity index is 2.59. The van der Waals surface area contributed by atoms with Crippen molar-refractivity contribution in [1.29, 1.82) is 0 Å². The predicted molar refractivity (Wildman–Crippen MR) is 73.4 cm³/mol. The topological polar surface area (TPSA) is 61.3 Å². The van der Waals surface area contributed by atoms with Gasteiger partial charge in [-0.25, -0.2) is 4.98 Å². The molecule has 102 valence electrons. The van der Waals surface area contributed by atoms with Crippen LogP contribution in [0.1, 0.15) is 33.4 Å². The highest BCUT2D eigenvalue weighted by Crippen LogP contribution is 2.09. The summed E-state index contributed by atoms with van der Waals surface area (Å²) in [5.74, 6) is 0.798. The lowest BCUT2D eigenvalue weighted by Crippen LogP contribution is -2.38. The molecule has 0 unspecified atom stereocenters. The summed E-state index contributed by atoms with van der Waals surface area (Å²) in [5.41, 5.74) is 0.232. The second-order valence-corrected chi connectivity index (χ2v) is 5.04. The van der Waals surface area contributed by atoms with Gasteiger partial charge in [0.25, 0.3) is 0 Å². The molecule has 0 bridgehead atoms. The van der Waals surface area contributed by atoms with Crippen molar-refractivity contribution in [3.05, 3.63) is 18.1 Å². The SMILES string of the molecule is CCNc1cnc(CN(CC)CC(C)(C)O)cn1. The van der Waals surface area contributed by atoms with Gasteiger partial charge in [-0.15, -0.1) is 0 Å². The van der Waals surface area contributed by atoms with Gasteiger partial charge >= 0.3 is 0 Å². The zero-order chi connectivity index (χ0) is 13.6. The van der Waals surface area contributed by atoms with Gasteiger partial charge in [-0.1, -0.05) is 6.92 Å². The van der Waals surface area contributed by atoms with E-state index in [9.17, 15) is 5.11 Å². The summed E-state index contributed by atoms with van der Waals surface area (Å²) in [5, 5.41) is 12.9. The molecule has 0 aliphatic heterocycles. The van der Waals surface area contributed by atoms with Crippen LogP contribution in [-0.2, 0) is 6.54 Å². The Hall–Kier alpha value is -1.20. The van der Waals surface area contributed by atoms with Gasteiger partial charge < -0.3 is 10.4 Å². The Morgan fingerprint density at radius 1 is 1.28 bits per heavy atom. The quantitative estimate of drug-likeness (QED) is 0.770. The molecule has 1 aromatic rings. The summed E-state index contributed by atoms with van der Waals surface area (Å²) < 4.78 is 0. The van der Waals surface area contributed by atoms with Crippen LogP contribution < -0.4 is 5.32 Å². The molecular formula is C13H24N4O. The number of likely N-dealkylation sites (N-methyl/N-ethyl adjacent to an activating group) is 1. The molecule has 0 aromatic carbocycles. The van der Waals surface area contributed by atoms with E-state index in [1.54, 1.807) is 12.4 Å². The largest absolute Gasteiger partial charge is 0.389 e. The lowest BCUT2D eigenvalue weighted by Gasteiger charge is -2.27. The second kappa shape index (κ2) is 6.66. The maximum absolute atomic E-state index is 9.82. The van der Waals surface area contributed by atoms with Crippen LogP contribution in [0.3, 0.4) is 0 Å². The highest BCUT2D eigenvalue weighted by atomic mass is 16.3. The van der Waals surface area contributed by atoms with Crippen LogP contribution in [0, 0.1) is 0 Å². The summed E-state index contributed by atoms with van der Waals surface area (Å²) in [4.78, 5) is 10.8. The Kier molecular flexibility index (Phi) is 5.50. The van der Waals surface area contributed by atoms with Gasteiger partial charge in [0.05, 0.1) is 23.7 Å². The molecule has 0 aliphatic rings. The zero-order valence-corrected chi connectivity index (χ0v) is 11.8. The molecule has 0 atom stereocenters. The van der Waals surface area contributed by atoms with Crippen molar-refractivity contribution in [2.45, 2.75) is 39.8 Å². The molecule has 0 amide bonds. The Labute approximate surface area is 109 Å². The molecule has 1 rings (SSSR count). The monoisotopic (exact) mass is 252 g/mol. The number of aromatic nitrogens is 2. The van der Waals surface area contributed by atoms with Crippen LogP contribution in [0.2, 0.25) is 0 Å². The fourth-order valence-corrected chi connectivity index (χ4v) is 1.76. The van der Waals surface area contributed by atoms with E-state index in [2.05, 4.69) is 27.1 Å². The van der Waals surface area contributed by atoms with Gasteiger partial charge in [0, 0.05) is 19.6 Å². The standard InChI is InChI=1S/C13H24N4O/c1-5-14-12-8-15-11(7-16-12)9-17(6-2)10-13(3,4)18/h7-8,18H,5-6,9-10H2,1-4H3,(H,14,16). The molecule has 0 saturated heterocycles. The number of hydrogen-bond acceptors (Lipinski definition) is 5. The zero-order valence-electron chi connectivity index (χ0n) is 11.8. The minimum atomic E-state index is -0.687.